The highest BCUT2D eigenvalue weighted by molar-refractivity contribution is 6.18. The standard InChI is InChI=1S/C28H29ClO4/c1-2-32-27(30)21-31-19-20-33-25-15-13-24(14-16-25)28(23-11-7-4-8-12-23)26(17-18-29)22-9-5-3-6-10-22/h3-16H,2,17-21H2,1H3/b28-26-. The quantitative estimate of drug-likeness (QED) is 0.138. The van der Waals surface area contributed by atoms with Crippen molar-refractivity contribution in [3.63, 3.8) is 0 Å². The number of carbonyl (C=O) groups excluding carboxylic acids is 1. The topological polar surface area (TPSA) is 44.8 Å². The highest BCUT2D eigenvalue weighted by Gasteiger charge is 2.14. The molecule has 0 bridgehead atoms. The van der Waals surface area contributed by atoms with Crippen LogP contribution in [-0.4, -0.2) is 38.3 Å². The van der Waals surface area contributed by atoms with Crippen LogP contribution in [0, 0.1) is 0 Å². The summed E-state index contributed by atoms with van der Waals surface area (Å²) in [6, 6.07) is 28.8. The van der Waals surface area contributed by atoms with Gasteiger partial charge in [0, 0.05) is 5.88 Å². The first kappa shape index (κ1) is 24.6. The molecule has 0 fully saturated rings. The van der Waals surface area contributed by atoms with Gasteiger partial charge in [-0.2, -0.15) is 0 Å². The predicted molar refractivity (Wildman–Crippen MR) is 134 cm³/mol. The fraction of sp³-hybridized carbons (Fsp3) is 0.250. The van der Waals surface area contributed by atoms with Gasteiger partial charge in [-0.1, -0.05) is 72.8 Å². The van der Waals surface area contributed by atoms with E-state index in [9.17, 15) is 4.79 Å². The third-order valence-electron chi connectivity index (χ3n) is 5.00. The van der Waals surface area contributed by atoms with Crippen LogP contribution in [0.1, 0.15) is 30.0 Å². The smallest absolute Gasteiger partial charge is 0.332 e. The molecule has 0 aliphatic carbocycles. The number of esters is 1. The zero-order valence-electron chi connectivity index (χ0n) is 18.8. The summed E-state index contributed by atoms with van der Waals surface area (Å²) in [6.45, 7) is 2.71. The molecule has 3 aromatic rings. The third-order valence-corrected chi connectivity index (χ3v) is 5.18. The number of carbonyl (C=O) groups is 1. The number of hydrogen-bond acceptors (Lipinski definition) is 4. The summed E-state index contributed by atoms with van der Waals surface area (Å²) in [5, 5.41) is 0. The van der Waals surface area contributed by atoms with E-state index < -0.39 is 0 Å². The number of allylic oxidation sites excluding steroid dienone is 1. The van der Waals surface area contributed by atoms with Crippen LogP contribution in [0.5, 0.6) is 5.75 Å². The Morgan fingerprint density at radius 1 is 0.788 bits per heavy atom. The minimum atomic E-state index is -0.367. The molecule has 0 heterocycles. The van der Waals surface area contributed by atoms with Gasteiger partial charge >= 0.3 is 5.97 Å². The lowest BCUT2D eigenvalue weighted by atomic mass is 9.88. The molecule has 0 saturated heterocycles. The van der Waals surface area contributed by atoms with Gasteiger partial charge in [-0.15, -0.1) is 11.6 Å². The number of halogens is 1. The molecule has 172 valence electrons. The third kappa shape index (κ3) is 7.48. The SMILES string of the molecule is CCOC(=O)COCCOc1ccc(/C(=C(/CCCl)c2ccccc2)c2ccccc2)cc1. The van der Waals surface area contributed by atoms with Crippen molar-refractivity contribution in [3.8, 4) is 5.75 Å². The summed E-state index contributed by atoms with van der Waals surface area (Å²) in [4.78, 5) is 11.3. The number of ether oxygens (including phenoxy) is 3. The maximum Gasteiger partial charge on any atom is 0.332 e. The first-order valence-electron chi connectivity index (χ1n) is 11.1. The predicted octanol–water partition coefficient (Wildman–Crippen LogP) is 6.23. The molecule has 0 unspecified atom stereocenters. The Morgan fingerprint density at radius 3 is 2.00 bits per heavy atom. The summed E-state index contributed by atoms with van der Waals surface area (Å²) in [7, 11) is 0. The van der Waals surface area contributed by atoms with Crippen LogP contribution in [0.25, 0.3) is 11.1 Å². The second-order valence-corrected chi connectivity index (χ2v) is 7.63. The van der Waals surface area contributed by atoms with E-state index in [0.29, 0.717) is 25.7 Å². The molecule has 0 aliphatic heterocycles. The van der Waals surface area contributed by atoms with Crippen molar-refractivity contribution in [3.05, 3.63) is 102 Å². The van der Waals surface area contributed by atoms with E-state index in [1.54, 1.807) is 6.92 Å². The first-order valence-corrected chi connectivity index (χ1v) is 11.6. The van der Waals surface area contributed by atoms with E-state index >= 15 is 0 Å². The van der Waals surface area contributed by atoms with Crippen LogP contribution in [0.2, 0.25) is 0 Å². The van der Waals surface area contributed by atoms with Crippen molar-refractivity contribution in [1.82, 2.24) is 0 Å². The van der Waals surface area contributed by atoms with Gasteiger partial charge in [-0.3, -0.25) is 0 Å². The van der Waals surface area contributed by atoms with Gasteiger partial charge in [0.2, 0.25) is 0 Å². The highest BCUT2D eigenvalue weighted by Crippen LogP contribution is 2.35. The van der Waals surface area contributed by atoms with Crippen molar-refractivity contribution in [1.29, 1.82) is 0 Å². The van der Waals surface area contributed by atoms with Gasteiger partial charge in [0.25, 0.3) is 0 Å². The molecule has 0 spiro atoms. The average Bonchev–Trinajstić information content (AvgIpc) is 2.86. The molecular formula is C28H29ClO4. The van der Waals surface area contributed by atoms with Gasteiger partial charge in [0.1, 0.15) is 19.0 Å². The van der Waals surface area contributed by atoms with Gasteiger partial charge < -0.3 is 14.2 Å². The molecule has 0 N–H and O–H groups in total. The van der Waals surface area contributed by atoms with Crippen LogP contribution in [-0.2, 0) is 14.3 Å². The molecule has 0 amide bonds. The Bertz CT molecular complexity index is 1010. The first-order chi connectivity index (χ1) is 16.2. The summed E-state index contributed by atoms with van der Waals surface area (Å²) >= 11 is 6.22. The van der Waals surface area contributed by atoms with Crippen molar-refractivity contribution < 1.29 is 19.0 Å². The van der Waals surface area contributed by atoms with E-state index in [2.05, 4.69) is 36.4 Å². The molecular weight excluding hydrogens is 436 g/mol. The summed E-state index contributed by atoms with van der Waals surface area (Å²) in [5.74, 6) is 0.908. The van der Waals surface area contributed by atoms with Crippen LogP contribution in [0.4, 0.5) is 0 Å². The second kappa shape index (κ2) is 13.5. The van der Waals surface area contributed by atoms with Crippen molar-refractivity contribution in [2.45, 2.75) is 13.3 Å². The lowest BCUT2D eigenvalue weighted by Crippen LogP contribution is -2.15. The van der Waals surface area contributed by atoms with Crippen LogP contribution < -0.4 is 4.74 Å². The molecule has 0 aromatic heterocycles. The lowest BCUT2D eigenvalue weighted by Gasteiger charge is -2.17. The number of hydrogen-bond donors (Lipinski definition) is 0. The molecule has 0 saturated carbocycles. The fourth-order valence-corrected chi connectivity index (χ4v) is 3.75. The monoisotopic (exact) mass is 464 g/mol. The number of alkyl halides is 1. The number of rotatable bonds is 12. The molecule has 3 aromatic carbocycles. The maximum absolute atomic E-state index is 11.3. The summed E-state index contributed by atoms with van der Waals surface area (Å²) in [5.41, 5.74) is 5.76. The van der Waals surface area contributed by atoms with Gasteiger partial charge in [0.05, 0.1) is 13.2 Å². The van der Waals surface area contributed by atoms with Crippen LogP contribution >= 0.6 is 11.6 Å². The van der Waals surface area contributed by atoms with E-state index in [-0.39, 0.29) is 12.6 Å². The minimum Gasteiger partial charge on any atom is -0.491 e. The highest BCUT2D eigenvalue weighted by atomic mass is 35.5. The van der Waals surface area contributed by atoms with Gasteiger partial charge in [-0.25, -0.2) is 4.79 Å². The molecule has 0 radical (unpaired) electrons. The minimum absolute atomic E-state index is 0.0653. The Balaban J connectivity index is 1.79. The van der Waals surface area contributed by atoms with Crippen molar-refractivity contribution >= 4 is 28.7 Å². The molecule has 3 rings (SSSR count). The summed E-state index contributed by atoms with van der Waals surface area (Å²) < 4.78 is 15.9. The van der Waals surface area contributed by atoms with E-state index in [1.807, 2.05) is 48.5 Å². The Labute approximate surface area is 200 Å². The van der Waals surface area contributed by atoms with Gasteiger partial charge in [0.15, 0.2) is 0 Å². The molecule has 0 atom stereocenters. The van der Waals surface area contributed by atoms with Crippen molar-refractivity contribution in [2.75, 3.05) is 32.3 Å². The number of benzene rings is 3. The second-order valence-electron chi connectivity index (χ2n) is 7.26. The molecule has 33 heavy (non-hydrogen) atoms. The van der Waals surface area contributed by atoms with E-state index in [0.717, 1.165) is 34.4 Å². The molecule has 5 heteroatoms. The zero-order chi connectivity index (χ0) is 23.3. The normalized spacial score (nSPS) is 11.6. The van der Waals surface area contributed by atoms with E-state index in [4.69, 9.17) is 25.8 Å². The largest absolute Gasteiger partial charge is 0.491 e. The molecule has 0 aliphatic rings. The van der Waals surface area contributed by atoms with Crippen LogP contribution in [0.3, 0.4) is 0 Å². The lowest BCUT2D eigenvalue weighted by molar-refractivity contribution is -0.148. The fourth-order valence-electron chi connectivity index (χ4n) is 3.56. The Kier molecular flexibility index (Phi) is 10.0. The Hall–Kier alpha value is -3.08. The van der Waals surface area contributed by atoms with Crippen LogP contribution in [0.15, 0.2) is 84.9 Å². The average molecular weight is 465 g/mol. The maximum atomic E-state index is 11.3. The zero-order valence-corrected chi connectivity index (χ0v) is 19.6. The van der Waals surface area contributed by atoms with E-state index in [1.165, 1.54) is 5.57 Å². The summed E-state index contributed by atoms with van der Waals surface area (Å²) in [6.07, 6.45) is 0.756. The van der Waals surface area contributed by atoms with Crippen molar-refractivity contribution in [2.24, 2.45) is 0 Å². The van der Waals surface area contributed by atoms with Gasteiger partial charge in [-0.05, 0) is 53.3 Å². The Morgan fingerprint density at radius 2 is 1.39 bits per heavy atom. The molecule has 4 nitrogen and oxygen atoms in total.